The van der Waals surface area contributed by atoms with E-state index in [-0.39, 0.29) is 6.61 Å². The third-order valence-corrected chi connectivity index (χ3v) is 3.73. The second-order valence-electron chi connectivity index (χ2n) is 4.82. The summed E-state index contributed by atoms with van der Waals surface area (Å²) < 4.78 is 35.2. The Morgan fingerprint density at radius 3 is 2.44 bits per heavy atom. The molecule has 0 amide bonds. The third-order valence-electron chi connectivity index (χ3n) is 2.81. The number of carbonyl (C=O) groups is 1. The minimum Gasteiger partial charge on any atom is -0.462 e. The van der Waals surface area contributed by atoms with Gasteiger partial charge in [0.05, 0.1) is 12.4 Å². The molecule has 0 aliphatic rings. The minimum absolute atomic E-state index is 0.0779. The maximum atomic E-state index is 11.1. The van der Waals surface area contributed by atoms with Gasteiger partial charge in [-0.05, 0) is 26.2 Å². The molecule has 6 nitrogen and oxygen atoms in total. The van der Waals surface area contributed by atoms with E-state index >= 15 is 0 Å². The molecular formula is C11H21NO5S. The van der Waals surface area contributed by atoms with Crippen molar-refractivity contribution in [2.24, 2.45) is 11.7 Å². The summed E-state index contributed by atoms with van der Waals surface area (Å²) in [6, 6.07) is 0. The van der Waals surface area contributed by atoms with Crippen LogP contribution in [0, 0.1) is 5.92 Å². The molecular weight excluding hydrogens is 258 g/mol. The molecule has 2 atom stereocenters. The fourth-order valence-electron chi connectivity index (χ4n) is 1.24. The lowest BCUT2D eigenvalue weighted by Crippen LogP contribution is -2.46. The third kappa shape index (κ3) is 6.73. The van der Waals surface area contributed by atoms with Gasteiger partial charge in [-0.3, -0.25) is 4.55 Å². The smallest absolute Gasteiger partial charge is 0.333 e. The van der Waals surface area contributed by atoms with Gasteiger partial charge in [0.1, 0.15) is 0 Å². The van der Waals surface area contributed by atoms with Crippen LogP contribution in [0.3, 0.4) is 0 Å². The molecule has 0 bridgehead atoms. The SMILES string of the molecule is C=C(C)C(=O)OCCC(C)(N)C(C)CS(=O)(=O)O. The van der Waals surface area contributed by atoms with Crippen LogP contribution < -0.4 is 5.73 Å². The van der Waals surface area contributed by atoms with Gasteiger partial charge in [-0.15, -0.1) is 0 Å². The van der Waals surface area contributed by atoms with Gasteiger partial charge in [-0.25, -0.2) is 4.79 Å². The van der Waals surface area contributed by atoms with Crippen LogP contribution in [0.1, 0.15) is 27.2 Å². The van der Waals surface area contributed by atoms with Crippen LogP contribution in [0.25, 0.3) is 0 Å². The predicted octanol–water partition coefficient (Wildman–Crippen LogP) is 0.737. The highest BCUT2D eigenvalue weighted by atomic mass is 32.2. The molecule has 18 heavy (non-hydrogen) atoms. The van der Waals surface area contributed by atoms with Crippen molar-refractivity contribution in [3.63, 3.8) is 0 Å². The Kier molecular flexibility index (Phi) is 5.98. The van der Waals surface area contributed by atoms with Crippen LogP contribution in [0.4, 0.5) is 0 Å². The Balaban J connectivity index is 4.31. The number of hydrogen-bond donors (Lipinski definition) is 2. The second-order valence-corrected chi connectivity index (χ2v) is 6.32. The summed E-state index contributed by atoms with van der Waals surface area (Å²) in [6.45, 7) is 8.32. The highest BCUT2D eigenvalue weighted by Crippen LogP contribution is 2.19. The molecule has 7 heteroatoms. The van der Waals surface area contributed by atoms with Gasteiger partial charge in [0, 0.05) is 11.1 Å². The van der Waals surface area contributed by atoms with Crippen molar-refractivity contribution in [2.45, 2.75) is 32.7 Å². The van der Waals surface area contributed by atoms with E-state index in [0.717, 1.165) is 0 Å². The Bertz CT molecular complexity index is 413. The summed E-state index contributed by atoms with van der Waals surface area (Å²) in [5.41, 5.74) is 5.38. The number of ether oxygens (including phenoxy) is 1. The molecule has 0 fully saturated rings. The Morgan fingerprint density at radius 2 is 2.06 bits per heavy atom. The summed E-state index contributed by atoms with van der Waals surface area (Å²) in [5.74, 6) is -1.39. The van der Waals surface area contributed by atoms with E-state index in [1.807, 2.05) is 0 Å². The molecule has 0 spiro atoms. The fourth-order valence-corrected chi connectivity index (χ4v) is 2.25. The lowest BCUT2D eigenvalue weighted by molar-refractivity contribution is -0.139. The fraction of sp³-hybridized carbons (Fsp3) is 0.727. The molecule has 0 aromatic heterocycles. The maximum absolute atomic E-state index is 11.1. The van der Waals surface area contributed by atoms with Crippen LogP contribution >= 0.6 is 0 Å². The van der Waals surface area contributed by atoms with Gasteiger partial charge in [0.2, 0.25) is 0 Å². The largest absolute Gasteiger partial charge is 0.462 e. The zero-order chi connectivity index (χ0) is 14.6. The quantitative estimate of drug-likeness (QED) is 0.404. The van der Waals surface area contributed by atoms with Crippen molar-refractivity contribution < 1.29 is 22.5 Å². The minimum atomic E-state index is -4.06. The van der Waals surface area contributed by atoms with Crippen LogP contribution in [0.2, 0.25) is 0 Å². The van der Waals surface area contributed by atoms with Crippen LogP contribution in [-0.2, 0) is 19.6 Å². The molecule has 0 radical (unpaired) electrons. The average Bonchev–Trinajstić information content (AvgIpc) is 2.14. The average molecular weight is 279 g/mol. The van der Waals surface area contributed by atoms with Gasteiger partial charge in [-0.2, -0.15) is 8.42 Å². The lowest BCUT2D eigenvalue weighted by atomic mass is 9.87. The molecule has 0 aromatic carbocycles. The first-order chi connectivity index (χ1) is 7.96. The van der Waals surface area contributed by atoms with Crippen molar-refractivity contribution in [1.29, 1.82) is 0 Å². The van der Waals surface area contributed by atoms with Crippen molar-refractivity contribution in [1.82, 2.24) is 0 Å². The second kappa shape index (κ2) is 6.31. The first-order valence-corrected chi connectivity index (χ1v) is 7.13. The van der Waals surface area contributed by atoms with E-state index in [2.05, 4.69) is 6.58 Å². The van der Waals surface area contributed by atoms with Crippen molar-refractivity contribution in [3.05, 3.63) is 12.2 Å². The molecule has 0 aliphatic heterocycles. The molecule has 0 saturated heterocycles. The molecule has 0 aliphatic carbocycles. The van der Waals surface area contributed by atoms with Gasteiger partial charge in [0.25, 0.3) is 10.1 Å². The number of hydrogen-bond acceptors (Lipinski definition) is 5. The van der Waals surface area contributed by atoms with E-state index in [0.29, 0.717) is 12.0 Å². The monoisotopic (exact) mass is 279 g/mol. The number of nitrogens with two attached hydrogens (primary N) is 1. The summed E-state index contributed by atoms with van der Waals surface area (Å²) in [7, 11) is -4.06. The highest BCUT2D eigenvalue weighted by Gasteiger charge is 2.30. The van der Waals surface area contributed by atoms with Gasteiger partial charge >= 0.3 is 5.97 Å². The number of rotatable bonds is 7. The van der Waals surface area contributed by atoms with E-state index in [1.165, 1.54) is 6.92 Å². The molecule has 106 valence electrons. The lowest BCUT2D eigenvalue weighted by Gasteiger charge is -2.30. The van der Waals surface area contributed by atoms with Crippen LogP contribution in [0.5, 0.6) is 0 Å². The van der Waals surface area contributed by atoms with Crippen LogP contribution in [0.15, 0.2) is 12.2 Å². The molecule has 3 N–H and O–H groups in total. The zero-order valence-electron chi connectivity index (χ0n) is 11.0. The molecule has 0 aromatic rings. The van der Waals surface area contributed by atoms with E-state index in [1.54, 1.807) is 13.8 Å². The predicted molar refractivity (Wildman–Crippen MR) is 68.6 cm³/mol. The van der Waals surface area contributed by atoms with Crippen molar-refractivity contribution >= 4 is 16.1 Å². The van der Waals surface area contributed by atoms with Crippen LogP contribution in [-0.4, -0.2) is 36.8 Å². The molecule has 2 unspecified atom stereocenters. The van der Waals surface area contributed by atoms with E-state index < -0.39 is 33.3 Å². The summed E-state index contributed by atoms with van der Waals surface area (Å²) in [6.07, 6.45) is 0.294. The van der Waals surface area contributed by atoms with Crippen molar-refractivity contribution in [3.8, 4) is 0 Å². The molecule has 0 rings (SSSR count). The molecule has 0 saturated carbocycles. The maximum Gasteiger partial charge on any atom is 0.333 e. The van der Waals surface area contributed by atoms with Crippen molar-refractivity contribution in [2.75, 3.05) is 12.4 Å². The van der Waals surface area contributed by atoms with Gasteiger partial charge in [-0.1, -0.05) is 13.5 Å². The topological polar surface area (TPSA) is 107 Å². The first kappa shape index (κ1) is 17.1. The highest BCUT2D eigenvalue weighted by molar-refractivity contribution is 7.85. The van der Waals surface area contributed by atoms with Gasteiger partial charge < -0.3 is 10.5 Å². The number of esters is 1. The first-order valence-electron chi connectivity index (χ1n) is 5.52. The Hall–Kier alpha value is -0.920. The van der Waals surface area contributed by atoms with E-state index in [4.69, 9.17) is 15.0 Å². The normalized spacial score (nSPS) is 16.7. The molecule has 0 heterocycles. The summed E-state index contributed by atoms with van der Waals surface area (Å²) in [5, 5.41) is 0. The number of carbonyl (C=O) groups excluding carboxylic acids is 1. The van der Waals surface area contributed by atoms with E-state index in [9.17, 15) is 13.2 Å². The Morgan fingerprint density at radius 1 is 1.56 bits per heavy atom. The van der Waals surface area contributed by atoms with Gasteiger partial charge in [0.15, 0.2) is 0 Å². The summed E-state index contributed by atoms with van der Waals surface area (Å²) in [4.78, 5) is 11.1. The summed E-state index contributed by atoms with van der Waals surface area (Å²) >= 11 is 0. The Labute approximate surface area is 108 Å². The standard InChI is InChI=1S/C11H21NO5S/c1-8(2)10(13)17-6-5-11(4,12)9(3)7-18(14,15)16/h9H,1,5-7,12H2,2-4H3,(H,14,15,16). The zero-order valence-corrected chi connectivity index (χ0v) is 11.8.